The summed E-state index contributed by atoms with van der Waals surface area (Å²) in [6.07, 6.45) is 1.09. The number of hydrogen-bond acceptors (Lipinski definition) is 4. The van der Waals surface area contributed by atoms with Crippen molar-refractivity contribution in [2.75, 3.05) is 52.3 Å². The summed E-state index contributed by atoms with van der Waals surface area (Å²) in [4.78, 5) is 9.05. The summed E-state index contributed by atoms with van der Waals surface area (Å²) >= 11 is 0. The van der Waals surface area contributed by atoms with Gasteiger partial charge in [-0.05, 0) is 39.4 Å². The van der Waals surface area contributed by atoms with Gasteiger partial charge in [0.1, 0.15) is 5.75 Å². The molecule has 25 heavy (non-hydrogen) atoms. The average Bonchev–Trinajstić information content (AvgIpc) is 3.08. The number of nitrogens with zero attached hydrogens (tertiary/aromatic N) is 3. The number of hydrogen-bond donors (Lipinski definition) is 2. The Kier molecular flexibility index (Phi) is 7.37. The van der Waals surface area contributed by atoms with Gasteiger partial charge >= 0.3 is 0 Å². The molecule has 0 bridgehead atoms. The highest BCUT2D eigenvalue weighted by Crippen LogP contribution is 2.30. The van der Waals surface area contributed by atoms with Crippen LogP contribution in [0.4, 0.5) is 5.69 Å². The van der Waals surface area contributed by atoms with E-state index in [4.69, 9.17) is 4.74 Å². The fourth-order valence-corrected chi connectivity index (χ4v) is 2.98. The van der Waals surface area contributed by atoms with Crippen molar-refractivity contribution in [2.24, 2.45) is 4.99 Å². The first-order valence-corrected chi connectivity index (χ1v) is 9.10. The fraction of sp³-hybridized carbons (Fsp3) is 0.632. The molecule has 1 fully saturated rings. The van der Waals surface area contributed by atoms with E-state index in [0.717, 1.165) is 50.0 Å². The predicted molar refractivity (Wildman–Crippen MR) is 106 cm³/mol. The summed E-state index contributed by atoms with van der Waals surface area (Å²) in [5.41, 5.74) is 1.16. The highest BCUT2D eigenvalue weighted by Gasteiger charge is 2.25. The first kappa shape index (κ1) is 19.4. The van der Waals surface area contributed by atoms with Crippen LogP contribution in [0.1, 0.15) is 20.3 Å². The summed E-state index contributed by atoms with van der Waals surface area (Å²) in [5.74, 6) is 1.81. The lowest BCUT2D eigenvalue weighted by molar-refractivity contribution is 0.278. The average molecular weight is 348 g/mol. The van der Waals surface area contributed by atoms with Gasteiger partial charge in [-0.1, -0.05) is 12.1 Å². The number of ether oxygens (including phenoxy) is 1. The summed E-state index contributed by atoms with van der Waals surface area (Å²) < 4.78 is 5.49. The van der Waals surface area contributed by atoms with Crippen LogP contribution < -0.4 is 20.3 Å². The number of para-hydroxylation sites is 2. The lowest BCUT2D eigenvalue weighted by Gasteiger charge is -2.23. The molecule has 1 unspecified atom stereocenters. The largest absolute Gasteiger partial charge is 0.495 e. The minimum atomic E-state index is 0.388. The van der Waals surface area contributed by atoms with E-state index in [-0.39, 0.29) is 0 Å². The number of aliphatic imine (C=N–C) groups is 1. The molecule has 1 heterocycles. The molecule has 6 heteroatoms. The van der Waals surface area contributed by atoms with E-state index in [1.54, 1.807) is 7.11 Å². The van der Waals surface area contributed by atoms with E-state index in [1.165, 1.54) is 0 Å². The molecule has 0 saturated carbocycles. The Hall–Kier alpha value is -1.95. The Labute approximate surface area is 152 Å². The standard InChI is InChI=1S/C19H33N5O/c1-15(2)23(4)13-11-21-19(20-3)22-16-10-12-24(14-16)17-8-6-7-9-18(17)25-5/h6-9,15-16H,10-14H2,1-5H3,(H2,20,21,22). The van der Waals surface area contributed by atoms with E-state index in [2.05, 4.69) is 58.5 Å². The maximum atomic E-state index is 5.49. The third kappa shape index (κ3) is 5.53. The van der Waals surface area contributed by atoms with Gasteiger partial charge in [-0.15, -0.1) is 0 Å². The van der Waals surface area contributed by atoms with Crippen molar-refractivity contribution in [2.45, 2.75) is 32.4 Å². The zero-order valence-corrected chi connectivity index (χ0v) is 16.2. The highest BCUT2D eigenvalue weighted by atomic mass is 16.5. The lowest BCUT2D eigenvalue weighted by Crippen LogP contribution is -2.46. The van der Waals surface area contributed by atoms with E-state index < -0.39 is 0 Å². The Morgan fingerprint density at radius 2 is 2.16 bits per heavy atom. The van der Waals surface area contributed by atoms with Crippen LogP contribution in [0.3, 0.4) is 0 Å². The molecule has 2 rings (SSSR count). The van der Waals surface area contributed by atoms with Crippen LogP contribution in [0.2, 0.25) is 0 Å². The molecule has 1 aliphatic rings. The second-order valence-electron chi connectivity index (χ2n) is 6.82. The number of rotatable bonds is 7. The first-order valence-electron chi connectivity index (χ1n) is 9.10. The molecule has 0 aliphatic carbocycles. The number of likely N-dealkylation sites (N-methyl/N-ethyl adjacent to an activating group) is 1. The zero-order chi connectivity index (χ0) is 18.2. The van der Waals surface area contributed by atoms with Gasteiger partial charge in [-0.25, -0.2) is 0 Å². The molecule has 1 atom stereocenters. The molecular weight excluding hydrogens is 314 g/mol. The molecule has 2 N–H and O–H groups in total. The summed E-state index contributed by atoms with van der Waals surface area (Å²) in [6.45, 7) is 8.27. The number of anilines is 1. The van der Waals surface area contributed by atoms with Crippen LogP contribution in [0.15, 0.2) is 29.3 Å². The quantitative estimate of drug-likeness (QED) is 0.582. The summed E-state index contributed by atoms with van der Waals surface area (Å²) in [7, 11) is 5.70. The monoisotopic (exact) mass is 347 g/mol. The van der Waals surface area contributed by atoms with Crippen molar-refractivity contribution in [3.8, 4) is 5.75 Å². The molecule has 1 saturated heterocycles. The molecule has 6 nitrogen and oxygen atoms in total. The Bertz CT molecular complexity index is 561. The number of guanidine groups is 1. The lowest BCUT2D eigenvalue weighted by atomic mass is 10.2. The van der Waals surface area contributed by atoms with Gasteiger partial charge in [0.2, 0.25) is 0 Å². The van der Waals surface area contributed by atoms with E-state index in [9.17, 15) is 0 Å². The third-order valence-electron chi connectivity index (χ3n) is 4.82. The van der Waals surface area contributed by atoms with Crippen LogP contribution in [0, 0.1) is 0 Å². The molecule has 1 aromatic carbocycles. The Morgan fingerprint density at radius 3 is 2.84 bits per heavy atom. The molecule has 0 spiro atoms. The van der Waals surface area contributed by atoms with Crippen molar-refractivity contribution in [1.82, 2.24) is 15.5 Å². The van der Waals surface area contributed by atoms with Gasteiger partial charge in [0, 0.05) is 45.3 Å². The van der Waals surface area contributed by atoms with Crippen molar-refractivity contribution in [3.05, 3.63) is 24.3 Å². The van der Waals surface area contributed by atoms with E-state index >= 15 is 0 Å². The minimum Gasteiger partial charge on any atom is -0.495 e. The van der Waals surface area contributed by atoms with E-state index in [1.807, 2.05) is 19.2 Å². The van der Waals surface area contributed by atoms with Crippen LogP contribution in [-0.2, 0) is 0 Å². The van der Waals surface area contributed by atoms with Crippen LogP contribution in [0.5, 0.6) is 5.75 Å². The molecule has 0 radical (unpaired) electrons. The molecule has 1 aromatic rings. The van der Waals surface area contributed by atoms with Crippen molar-refractivity contribution < 1.29 is 4.74 Å². The first-order chi connectivity index (χ1) is 12.0. The minimum absolute atomic E-state index is 0.388. The van der Waals surface area contributed by atoms with Gasteiger partial charge in [0.15, 0.2) is 5.96 Å². The van der Waals surface area contributed by atoms with Gasteiger partial charge in [-0.2, -0.15) is 0 Å². The fourth-order valence-electron chi connectivity index (χ4n) is 2.98. The SMILES string of the molecule is CN=C(NCCN(C)C(C)C)NC1CCN(c2ccccc2OC)C1. The molecule has 0 amide bonds. The molecule has 140 valence electrons. The van der Waals surface area contributed by atoms with Crippen molar-refractivity contribution in [1.29, 1.82) is 0 Å². The Morgan fingerprint density at radius 1 is 1.40 bits per heavy atom. The Balaban J connectivity index is 1.83. The predicted octanol–water partition coefficient (Wildman–Crippen LogP) is 1.78. The molecule has 1 aliphatic heterocycles. The van der Waals surface area contributed by atoms with Gasteiger partial charge < -0.3 is 25.2 Å². The van der Waals surface area contributed by atoms with E-state index in [0.29, 0.717) is 12.1 Å². The van der Waals surface area contributed by atoms with Crippen molar-refractivity contribution >= 4 is 11.6 Å². The maximum absolute atomic E-state index is 5.49. The van der Waals surface area contributed by atoms with Crippen molar-refractivity contribution in [3.63, 3.8) is 0 Å². The number of benzene rings is 1. The van der Waals surface area contributed by atoms with Crippen LogP contribution in [0.25, 0.3) is 0 Å². The van der Waals surface area contributed by atoms with Gasteiger partial charge in [0.05, 0.1) is 12.8 Å². The second-order valence-corrected chi connectivity index (χ2v) is 6.82. The maximum Gasteiger partial charge on any atom is 0.191 e. The highest BCUT2D eigenvalue weighted by molar-refractivity contribution is 5.80. The smallest absolute Gasteiger partial charge is 0.191 e. The number of nitrogens with one attached hydrogen (secondary N) is 2. The summed E-state index contributed by atoms with van der Waals surface area (Å²) in [5, 5.41) is 6.96. The third-order valence-corrected chi connectivity index (χ3v) is 4.82. The zero-order valence-electron chi connectivity index (χ0n) is 16.2. The number of methoxy groups -OCH3 is 1. The van der Waals surface area contributed by atoms with Crippen LogP contribution in [-0.4, -0.2) is 70.3 Å². The summed E-state index contributed by atoms with van der Waals surface area (Å²) in [6, 6.07) is 9.15. The van der Waals surface area contributed by atoms with Gasteiger partial charge in [0.25, 0.3) is 0 Å². The molecule has 0 aromatic heterocycles. The normalized spacial score (nSPS) is 18.1. The molecular formula is C19H33N5O. The second kappa shape index (κ2) is 9.51. The van der Waals surface area contributed by atoms with Crippen LogP contribution >= 0.6 is 0 Å². The van der Waals surface area contributed by atoms with Gasteiger partial charge in [-0.3, -0.25) is 4.99 Å². The topological polar surface area (TPSA) is 52.1 Å².